The maximum Gasteiger partial charge on any atom is 0.409 e. The fraction of sp³-hybridized carbons (Fsp3) is 0.261. The lowest BCUT2D eigenvalue weighted by molar-refractivity contribution is -0.164. The number of hydrogen-bond acceptors (Lipinski definition) is 8. The summed E-state index contributed by atoms with van der Waals surface area (Å²) in [6.07, 6.45) is -4.47. The van der Waals surface area contributed by atoms with Crippen molar-refractivity contribution in [3.8, 4) is 0 Å². The third kappa shape index (κ3) is 4.27. The zero-order valence-corrected chi connectivity index (χ0v) is 20.1. The number of halogens is 1. The number of nitrogens with one attached hydrogen (secondary N) is 3. The second-order valence-corrected chi connectivity index (χ2v) is 8.98. The van der Waals surface area contributed by atoms with Gasteiger partial charge in [0.15, 0.2) is 18.2 Å². The number of esters is 1. The Morgan fingerprint density at radius 3 is 2.47 bits per heavy atom. The molecule has 0 radical (unpaired) electrons. The maximum atomic E-state index is 13.3. The third-order valence-corrected chi connectivity index (χ3v) is 6.45. The number of fused-ring (bicyclic) bond motifs is 2. The highest BCUT2D eigenvalue weighted by Crippen LogP contribution is 2.47. The van der Waals surface area contributed by atoms with Crippen LogP contribution in [-0.4, -0.2) is 64.4 Å². The van der Waals surface area contributed by atoms with E-state index in [9.17, 15) is 34.2 Å². The lowest BCUT2D eigenvalue weighted by Crippen LogP contribution is -2.70. The molecule has 12 nitrogen and oxygen atoms in total. The molecular weight excluding hydrogens is 542 g/mol. The van der Waals surface area contributed by atoms with E-state index in [-0.39, 0.29) is 16.8 Å². The van der Waals surface area contributed by atoms with Crippen LogP contribution in [0.5, 0.6) is 0 Å². The van der Waals surface area contributed by atoms with E-state index in [1.807, 2.05) is 0 Å². The SMILES string of the molecule is C[C@H](O)[C@H](NC(=O)[C@@H]1NC(=O)O[C@]2(C(=O)Nc3c(Br)cccc32)[C@@H]1OC(=O)c1ccccc1)C(=O)O. The standard InChI is InChI=1S/C23H20BrN3O9/c1-10(28)14(19(30)31)25-18(29)16-17(35-20(32)11-6-3-2-4-7-11)23(36-22(34)27-16)12-8-5-9-13(24)15(12)26-21(23)33/h2-10,14,16-17,28H,1H3,(H,25,29)(H,26,33)(H,27,34)(H,30,31)/t10-,14-,16+,17+,23-/m0/s1. The first-order valence-electron chi connectivity index (χ1n) is 10.6. The molecule has 0 aromatic heterocycles. The van der Waals surface area contributed by atoms with Crippen LogP contribution in [0.2, 0.25) is 0 Å². The molecule has 13 heteroatoms. The van der Waals surface area contributed by atoms with Crippen LogP contribution in [0.3, 0.4) is 0 Å². The summed E-state index contributed by atoms with van der Waals surface area (Å²) in [7, 11) is 0. The molecule has 2 aromatic carbocycles. The number of carboxylic acid groups (broad SMARTS) is 1. The predicted molar refractivity (Wildman–Crippen MR) is 125 cm³/mol. The summed E-state index contributed by atoms with van der Waals surface area (Å²) in [5.74, 6) is -4.48. The van der Waals surface area contributed by atoms with Crippen molar-refractivity contribution in [3.05, 3.63) is 64.1 Å². The largest absolute Gasteiger partial charge is 0.480 e. The molecule has 2 aliphatic heterocycles. The van der Waals surface area contributed by atoms with Gasteiger partial charge in [0.2, 0.25) is 5.91 Å². The molecule has 2 aliphatic rings. The van der Waals surface area contributed by atoms with Gasteiger partial charge >= 0.3 is 18.0 Å². The molecule has 1 spiro atoms. The van der Waals surface area contributed by atoms with Gasteiger partial charge in [0.1, 0.15) is 0 Å². The number of benzene rings is 2. The maximum absolute atomic E-state index is 13.3. The van der Waals surface area contributed by atoms with E-state index in [1.165, 1.54) is 18.2 Å². The van der Waals surface area contributed by atoms with E-state index in [4.69, 9.17) is 9.47 Å². The lowest BCUT2D eigenvalue weighted by Gasteiger charge is -2.42. The zero-order valence-electron chi connectivity index (χ0n) is 18.6. The van der Waals surface area contributed by atoms with Crippen molar-refractivity contribution < 1.29 is 43.7 Å². The number of rotatable bonds is 6. The van der Waals surface area contributed by atoms with Crippen LogP contribution in [0.1, 0.15) is 22.8 Å². The number of ether oxygens (including phenoxy) is 2. The summed E-state index contributed by atoms with van der Waals surface area (Å²) < 4.78 is 11.5. The van der Waals surface area contributed by atoms with Crippen molar-refractivity contribution in [2.75, 3.05) is 5.32 Å². The van der Waals surface area contributed by atoms with Crippen molar-refractivity contribution in [2.24, 2.45) is 0 Å². The molecule has 1 fully saturated rings. The van der Waals surface area contributed by atoms with Gasteiger partial charge in [-0.3, -0.25) is 9.59 Å². The van der Waals surface area contributed by atoms with Crippen LogP contribution in [0, 0.1) is 0 Å². The molecule has 1 saturated heterocycles. The Labute approximate surface area is 212 Å². The summed E-state index contributed by atoms with van der Waals surface area (Å²) in [4.78, 5) is 63.8. The first-order valence-corrected chi connectivity index (χ1v) is 11.4. The molecular formula is C23H20BrN3O9. The molecule has 2 aromatic rings. The zero-order chi connectivity index (χ0) is 26.2. The van der Waals surface area contributed by atoms with E-state index >= 15 is 0 Å². The molecule has 5 N–H and O–H groups in total. The molecule has 0 unspecified atom stereocenters. The lowest BCUT2D eigenvalue weighted by atomic mass is 9.83. The molecule has 4 rings (SSSR count). The highest BCUT2D eigenvalue weighted by atomic mass is 79.9. The second-order valence-electron chi connectivity index (χ2n) is 8.12. The van der Waals surface area contributed by atoms with Crippen LogP contribution in [-0.2, 0) is 29.5 Å². The normalized spacial score (nSPS) is 24.0. The quantitative estimate of drug-likeness (QED) is 0.320. The highest BCUT2D eigenvalue weighted by molar-refractivity contribution is 9.10. The van der Waals surface area contributed by atoms with Gasteiger partial charge < -0.3 is 35.6 Å². The number of carbonyl (C=O) groups excluding carboxylic acids is 4. The van der Waals surface area contributed by atoms with E-state index in [0.29, 0.717) is 4.47 Å². The van der Waals surface area contributed by atoms with E-state index in [1.54, 1.807) is 30.3 Å². The summed E-state index contributed by atoms with van der Waals surface area (Å²) in [6, 6.07) is 8.82. The molecule has 0 saturated carbocycles. The van der Waals surface area contributed by atoms with Gasteiger partial charge in [-0.25, -0.2) is 14.4 Å². The van der Waals surface area contributed by atoms with Crippen molar-refractivity contribution in [1.82, 2.24) is 10.6 Å². The number of aliphatic hydroxyl groups is 1. The molecule has 0 aliphatic carbocycles. The third-order valence-electron chi connectivity index (χ3n) is 5.79. The topological polar surface area (TPSA) is 180 Å². The van der Waals surface area contributed by atoms with Crippen molar-refractivity contribution >= 4 is 51.5 Å². The molecule has 0 bridgehead atoms. The molecule has 36 heavy (non-hydrogen) atoms. The Morgan fingerprint density at radius 2 is 1.83 bits per heavy atom. The second kappa shape index (κ2) is 9.59. The van der Waals surface area contributed by atoms with Crippen molar-refractivity contribution in [1.29, 1.82) is 0 Å². The Bertz CT molecular complexity index is 1250. The van der Waals surface area contributed by atoms with E-state index in [2.05, 4.69) is 31.9 Å². The minimum Gasteiger partial charge on any atom is -0.480 e. The Balaban J connectivity index is 1.82. The number of carbonyl (C=O) groups is 5. The number of amides is 3. The number of aliphatic hydroxyl groups excluding tert-OH is 1. The number of alkyl carbamates (subject to hydrolysis) is 1. The Morgan fingerprint density at radius 1 is 1.14 bits per heavy atom. The van der Waals surface area contributed by atoms with Gasteiger partial charge in [-0.15, -0.1) is 0 Å². The number of carboxylic acids is 1. The van der Waals surface area contributed by atoms with Gasteiger partial charge in [-0.05, 0) is 41.1 Å². The summed E-state index contributed by atoms with van der Waals surface area (Å²) in [5.41, 5.74) is -1.84. The van der Waals surface area contributed by atoms with Gasteiger partial charge in [-0.1, -0.05) is 30.3 Å². The molecule has 3 amide bonds. The van der Waals surface area contributed by atoms with Crippen LogP contribution < -0.4 is 16.0 Å². The monoisotopic (exact) mass is 561 g/mol. The van der Waals surface area contributed by atoms with Crippen molar-refractivity contribution in [3.63, 3.8) is 0 Å². The number of para-hydroxylation sites is 1. The summed E-state index contributed by atoms with van der Waals surface area (Å²) in [6.45, 7) is 1.15. The number of hydrogen-bond donors (Lipinski definition) is 5. The van der Waals surface area contributed by atoms with Gasteiger partial charge in [0.25, 0.3) is 11.5 Å². The Hall–Kier alpha value is -3.97. The van der Waals surface area contributed by atoms with Crippen molar-refractivity contribution in [2.45, 2.75) is 36.8 Å². The first-order chi connectivity index (χ1) is 17.1. The smallest absolute Gasteiger partial charge is 0.409 e. The number of aliphatic carboxylic acids is 1. The summed E-state index contributed by atoms with van der Waals surface area (Å²) in [5, 5.41) is 26.1. The molecule has 188 valence electrons. The summed E-state index contributed by atoms with van der Waals surface area (Å²) >= 11 is 3.31. The fourth-order valence-corrected chi connectivity index (χ4v) is 4.55. The van der Waals surface area contributed by atoms with Crippen LogP contribution >= 0.6 is 15.9 Å². The van der Waals surface area contributed by atoms with E-state index in [0.717, 1.165) is 6.92 Å². The van der Waals surface area contributed by atoms with Crippen LogP contribution in [0.4, 0.5) is 10.5 Å². The minimum absolute atomic E-state index is 0.0870. The minimum atomic E-state index is -2.28. The molecule has 5 atom stereocenters. The number of anilines is 1. The van der Waals surface area contributed by atoms with Gasteiger partial charge in [0, 0.05) is 10.0 Å². The fourth-order valence-electron chi connectivity index (χ4n) is 4.09. The first kappa shape index (κ1) is 25.1. The average molecular weight is 562 g/mol. The Kier molecular flexibility index (Phi) is 6.69. The molecule has 2 heterocycles. The van der Waals surface area contributed by atoms with E-state index < -0.39 is 59.7 Å². The average Bonchev–Trinajstić information content (AvgIpc) is 3.11. The predicted octanol–water partition coefficient (Wildman–Crippen LogP) is 0.881. The van der Waals surface area contributed by atoms with Crippen LogP contribution in [0.25, 0.3) is 0 Å². The van der Waals surface area contributed by atoms with Crippen LogP contribution in [0.15, 0.2) is 53.0 Å². The van der Waals surface area contributed by atoms with Gasteiger partial charge in [0.05, 0.1) is 17.4 Å². The van der Waals surface area contributed by atoms with Gasteiger partial charge in [-0.2, -0.15) is 0 Å². The highest BCUT2D eigenvalue weighted by Gasteiger charge is 2.65.